The molecule has 2 nitrogen and oxygen atoms in total. The van der Waals surface area contributed by atoms with Gasteiger partial charge in [0.1, 0.15) is 0 Å². The Kier molecular flexibility index (Phi) is 10.4. The quantitative estimate of drug-likeness (QED) is 0.519. The summed E-state index contributed by atoms with van der Waals surface area (Å²) in [6, 6.07) is 15.5. The highest BCUT2D eigenvalue weighted by atomic mass is 16.0. The van der Waals surface area contributed by atoms with Crippen LogP contribution in [0, 0.1) is 0 Å². The van der Waals surface area contributed by atoms with Gasteiger partial charge in [-0.15, -0.1) is 0 Å². The van der Waals surface area contributed by atoms with E-state index in [1.54, 1.807) is 0 Å². The first-order valence-electron chi connectivity index (χ1n) is 9.54. The van der Waals surface area contributed by atoms with E-state index in [9.17, 15) is 0 Å². The second-order valence-electron chi connectivity index (χ2n) is 6.64. The van der Waals surface area contributed by atoms with Crippen molar-refractivity contribution < 1.29 is 5.48 Å². The summed E-state index contributed by atoms with van der Waals surface area (Å²) in [7, 11) is 0. The highest BCUT2D eigenvalue weighted by molar-refractivity contribution is 5.85. The van der Waals surface area contributed by atoms with Crippen molar-refractivity contribution in [2.45, 2.75) is 58.8 Å². The van der Waals surface area contributed by atoms with Crippen LogP contribution in [0.25, 0.3) is 10.8 Å². The average Bonchev–Trinajstić information content (AvgIpc) is 2.58. The molecule has 0 amide bonds. The van der Waals surface area contributed by atoms with E-state index in [0.717, 1.165) is 0 Å². The predicted molar refractivity (Wildman–Crippen MR) is 107 cm³/mol. The SMILES string of the molecule is CCCN(CCC)CCCCCCc1cccc2ccccc12.O. The van der Waals surface area contributed by atoms with E-state index in [-0.39, 0.29) is 5.48 Å². The first-order valence-corrected chi connectivity index (χ1v) is 9.54. The lowest BCUT2D eigenvalue weighted by atomic mass is 9.99. The Morgan fingerprint density at radius 2 is 1.38 bits per heavy atom. The maximum absolute atomic E-state index is 2.63. The topological polar surface area (TPSA) is 34.7 Å². The summed E-state index contributed by atoms with van der Waals surface area (Å²) in [5, 5.41) is 2.81. The molecule has 0 aromatic heterocycles. The van der Waals surface area contributed by atoms with Crippen molar-refractivity contribution in [3.05, 3.63) is 48.0 Å². The third-order valence-corrected chi connectivity index (χ3v) is 4.63. The van der Waals surface area contributed by atoms with Crippen molar-refractivity contribution in [3.63, 3.8) is 0 Å². The molecule has 0 radical (unpaired) electrons. The van der Waals surface area contributed by atoms with Gasteiger partial charge in [-0.2, -0.15) is 0 Å². The molecule has 24 heavy (non-hydrogen) atoms. The van der Waals surface area contributed by atoms with Crippen molar-refractivity contribution in [2.24, 2.45) is 0 Å². The molecule has 2 aromatic carbocycles. The van der Waals surface area contributed by atoms with Gasteiger partial charge in [-0.25, -0.2) is 0 Å². The van der Waals surface area contributed by atoms with Gasteiger partial charge < -0.3 is 10.4 Å². The zero-order chi connectivity index (χ0) is 16.3. The summed E-state index contributed by atoms with van der Waals surface area (Å²) in [5.74, 6) is 0. The van der Waals surface area contributed by atoms with Gasteiger partial charge in [0, 0.05) is 0 Å². The molecule has 0 fully saturated rings. The number of hydrogen-bond acceptors (Lipinski definition) is 1. The molecule has 0 aliphatic carbocycles. The Morgan fingerprint density at radius 1 is 0.708 bits per heavy atom. The van der Waals surface area contributed by atoms with E-state index in [2.05, 4.69) is 61.2 Å². The summed E-state index contributed by atoms with van der Waals surface area (Å²) < 4.78 is 0. The molecule has 0 aliphatic rings. The molecule has 0 unspecified atom stereocenters. The number of hydrogen-bond donors (Lipinski definition) is 0. The van der Waals surface area contributed by atoms with E-state index in [0.29, 0.717) is 0 Å². The van der Waals surface area contributed by atoms with Gasteiger partial charge in [-0.05, 0) is 68.1 Å². The van der Waals surface area contributed by atoms with Crippen LogP contribution < -0.4 is 0 Å². The van der Waals surface area contributed by atoms with E-state index in [1.165, 1.54) is 80.9 Å². The second-order valence-corrected chi connectivity index (χ2v) is 6.64. The van der Waals surface area contributed by atoms with Crippen LogP contribution in [0.3, 0.4) is 0 Å². The lowest BCUT2D eigenvalue weighted by Crippen LogP contribution is -2.26. The van der Waals surface area contributed by atoms with Crippen LogP contribution in [0.5, 0.6) is 0 Å². The molecule has 134 valence electrons. The van der Waals surface area contributed by atoms with Crippen LogP contribution in [0.4, 0.5) is 0 Å². The highest BCUT2D eigenvalue weighted by Crippen LogP contribution is 2.20. The van der Waals surface area contributed by atoms with Crippen LogP contribution in [0.2, 0.25) is 0 Å². The number of unbranched alkanes of at least 4 members (excludes halogenated alkanes) is 3. The highest BCUT2D eigenvalue weighted by Gasteiger charge is 2.03. The van der Waals surface area contributed by atoms with Gasteiger partial charge in [0.2, 0.25) is 0 Å². The van der Waals surface area contributed by atoms with Crippen molar-refractivity contribution in [2.75, 3.05) is 19.6 Å². The van der Waals surface area contributed by atoms with Gasteiger partial charge in [0.05, 0.1) is 0 Å². The number of aryl methyl sites for hydroxylation is 1. The Bertz CT molecular complexity index is 555. The van der Waals surface area contributed by atoms with Crippen molar-refractivity contribution in [1.82, 2.24) is 4.90 Å². The van der Waals surface area contributed by atoms with Gasteiger partial charge in [-0.3, -0.25) is 0 Å². The van der Waals surface area contributed by atoms with E-state index in [1.807, 2.05) is 0 Å². The minimum absolute atomic E-state index is 0. The summed E-state index contributed by atoms with van der Waals surface area (Å²) in [6.45, 7) is 8.39. The Balaban J connectivity index is 0.00000288. The summed E-state index contributed by atoms with van der Waals surface area (Å²) >= 11 is 0. The average molecular weight is 330 g/mol. The zero-order valence-corrected chi connectivity index (χ0v) is 15.6. The molecule has 2 rings (SSSR count). The molecule has 2 heteroatoms. The van der Waals surface area contributed by atoms with Crippen molar-refractivity contribution in [1.29, 1.82) is 0 Å². The molecule has 0 aliphatic heterocycles. The van der Waals surface area contributed by atoms with Crippen LogP contribution in [-0.4, -0.2) is 30.0 Å². The van der Waals surface area contributed by atoms with Gasteiger partial charge in [-0.1, -0.05) is 69.2 Å². The smallest absolute Gasteiger partial charge is 0.00187 e. The molecular weight excluding hydrogens is 294 g/mol. The number of rotatable bonds is 11. The van der Waals surface area contributed by atoms with Gasteiger partial charge >= 0.3 is 0 Å². The molecule has 0 atom stereocenters. The fourth-order valence-electron chi connectivity index (χ4n) is 3.48. The second kappa shape index (κ2) is 12.0. The number of nitrogens with zero attached hydrogens (tertiary/aromatic N) is 1. The Labute approximate surface area is 148 Å². The van der Waals surface area contributed by atoms with Crippen LogP contribution in [0.1, 0.15) is 57.9 Å². The molecule has 0 spiro atoms. The normalized spacial score (nSPS) is 11.0. The standard InChI is InChI=1S/C22H33N.H2O/c1-3-17-23(18-4-2)19-10-6-5-7-12-20-14-11-15-21-13-8-9-16-22(20)21;/h8-9,11,13-16H,3-7,10,12,17-19H2,1-2H3;1H2. The Hall–Kier alpha value is -1.38. The summed E-state index contributed by atoms with van der Waals surface area (Å²) in [4.78, 5) is 2.63. The van der Waals surface area contributed by atoms with Gasteiger partial charge in [0.25, 0.3) is 0 Å². The maximum Gasteiger partial charge on any atom is -0.00187 e. The van der Waals surface area contributed by atoms with E-state index in [4.69, 9.17) is 0 Å². The minimum Gasteiger partial charge on any atom is -0.412 e. The van der Waals surface area contributed by atoms with Crippen LogP contribution in [0.15, 0.2) is 42.5 Å². The molecular formula is C22H35NO. The summed E-state index contributed by atoms with van der Waals surface area (Å²) in [6.07, 6.45) is 9.17. The van der Waals surface area contributed by atoms with E-state index < -0.39 is 0 Å². The monoisotopic (exact) mass is 329 g/mol. The fourth-order valence-corrected chi connectivity index (χ4v) is 3.48. The molecule has 0 saturated heterocycles. The fraction of sp³-hybridized carbons (Fsp3) is 0.545. The maximum atomic E-state index is 2.63. The molecule has 2 N–H and O–H groups in total. The zero-order valence-electron chi connectivity index (χ0n) is 15.6. The number of fused-ring (bicyclic) bond motifs is 1. The molecule has 0 saturated carbocycles. The third kappa shape index (κ3) is 6.62. The lowest BCUT2D eigenvalue weighted by Gasteiger charge is -2.20. The van der Waals surface area contributed by atoms with Crippen LogP contribution in [-0.2, 0) is 6.42 Å². The predicted octanol–water partition coefficient (Wildman–Crippen LogP) is 5.24. The molecule has 0 bridgehead atoms. The Morgan fingerprint density at radius 3 is 2.12 bits per heavy atom. The van der Waals surface area contributed by atoms with Crippen molar-refractivity contribution in [3.8, 4) is 0 Å². The van der Waals surface area contributed by atoms with Crippen molar-refractivity contribution >= 4 is 10.8 Å². The molecule has 0 heterocycles. The largest absolute Gasteiger partial charge is 0.412 e. The van der Waals surface area contributed by atoms with Gasteiger partial charge in [0.15, 0.2) is 0 Å². The lowest BCUT2D eigenvalue weighted by molar-refractivity contribution is 0.268. The minimum atomic E-state index is 0. The van der Waals surface area contributed by atoms with Crippen LogP contribution >= 0.6 is 0 Å². The van der Waals surface area contributed by atoms with E-state index >= 15 is 0 Å². The summed E-state index contributed by atoms with van der Waals surface area (Å²) in [5.41, 5.74) is 1.52. The first kappa shape index (κ1) is 20.7. The third-order valence-electron chi connectivity index (χ3n) is 4.63. The molecule has 2 aromatic rings. The first-order chi connectivity index (χ1) is 11.3. The number of benzene rings is 2.